The Morgan fingerprint density at radius 1 is 1.37 bits per heavy atom. The van der Waals surface area contributed by atoms with Crippen molar-refractivity contribution in [3.05, 3.63) is 47.9 Å². The van der Waals surface area contributed by atoms with Gasteiger partial charge in [-0.3, -0.25) is 4.79 Å². The molecule has 0 bridgehead atoms. The summed E-state index contributed by atoms with van der Waals surface area (Å²) in [5, 5.41) is 8.98. The highest BCUT2D eigenvalue weighted by Crippen LogP contribution is 2.14. The normalized spacial score (nSPS) is 11.6. The number of aryl methyl sites for hydroxylation is 2. The number of hydrogen-bond acceptors (Lipinski definition) is 3. The van der Waals surface area contributed by atoms with Crippen LogP contribution in [0.25, 0.3) is 0 Å². The lowest BCUT2D eigenvalue weighted by atomic mass is 10.1. The summed E-state index contributed by atoms with van der Waals surface area (Å²) in [5.74, 6) is 0.455. The zero-order valence-electron chi connectivity index (χ0n) is 10.9. The van der Waals surface area contributed by atoms with Crippen LogP contribution in [-0.2, 0) is 11.8 Å². The van der Waals surface area contributed by atoms with Gasteiger partial charge in [-0.1, -0.05) is 30.3 Å². The zero-order valence-corrected chi connectivity index (χ0v) is 10.9. The summed E-state index contributed by atoms with van der Waals surface area (Å²) in [5.41, 5.74) is 1.31. The number of benzene rings is 1. The Morgan fingerprint density at radius 2 is 2.05 bits per heavy atom. The minimum absolute atomic E-state index is 0.125. The lowest BCUT2D eigenvalue weighted by molar-refractivity contribution is -0.135. The summed E-state index contributed by atoms with van der Waals surface area (Å²) in [6.45, 7) is 1.87. The molecule has 2 aromatic rings. The van der Waals surface area contributed by atoms with Gasteiger partial charge in [0.1, 0.15) is 5.82 Å². The standard InChI is InChI=1S/C14H15N3O2/c1-10-15-13(9-17(10)2)16-12(8-14(18)19)11-6-4-3-5-7-11/h3-7,9H,8H2,1-2H3,(H,18,19)/b16-12+. The maximum atomic E-state index is 10.9. The molecule has 0 unspecified atom stereocenters. The lowest BCUT2D eigenvalue weighted by Crippen LogP contribution is -2.08. The Bertz CT molecular complexity index is 595. The van der Waals surface area contributed by atoms with E-state index in [1.54, 1.807) is 6.20 Å². The van der Waals surface area contributed by atoms with Crippen LogP contribution in [0.1, 0.15) is 17.8 Å². The van der Waals surface area contributed by atoms with Crippen molar-refractivity contribution in [2.75, 3.05) is 0 Å². The largest absolute Gasteiger partial charge is 0.481 e. The number of carboxylic acid groups (broad SMARTS) is 1. The van der Waals surface area contributed by atoms with Gasteiger partial charge in [-0.05, 0) is 12.5 Å². The average Bonchev–Trinajstić information content (AvgIpc) is 2.68. The van der Waals surface area contributed by atoms with Crippen LogP contribution in [0.2, 0.25) is 0 Å². The predicted molar refractivity (Wildman–Crippen MR) is 72.8 cm³/mol. The third-order valence-electron chi connectivity index (χ3n) is 2.77. The number of aliphatic imine (C=N–C) groups is 1. The first-order valence-electron chi connectivity index (χ1n) is 5.91. The molecule has 1 aromatic heterocycles. The monoisotopic (exact) mass is 257 g/mol. The summed E-state index contributed by atoms with van der Waals surface area (Å²) in [7, 11) is 1.88. The fourth-order valence-electron chi connectivity index (χ4n) is 1.71. The van der Waals surface area contributed by atoms with Gasteiger partial charge >= 0.3 is 5.97 Å². The van der Waals surface area contributed by atoms with E-state index < -0.39 is 5.97 Å². The van der Waals surface area contributed by atoms with Gasteiger partial charge < -0.3 is 9.67 Å². The van der Waals surface area contributed by atoms with Gasteiger partial charge in [0.25, 0.3) is 0 Å². The first-order chi connectivity index (χ1) is 9.06. The summed E-state index contributed by atoms with van der Waals surface area (Å²) >= 11 is 0. The van der Waals surface area contributed by atoms with Crippen LogP contribution in [0, 0.1) is 6.92 Å². The van der Waals surface area contributed by atoms with E-state index in [1.807, 2.05) is 48.9 Å². The molecule has 1 heterocycles. The van der Waals surface area contributed by atoms with E-state index in [2.05, 4.69) is 9.98 Å². The Hall–Kier alpha value is -2.43. The molecular weight excluding hydrogens is 242 g/mol. The molecule has 5 heteroatoms. The smallest absolute Gasteiger partial charge is 0.309 e. The van der Waals surface area contributed by atoms with Gasteiger partial charge in [-0.2, -0.15) is 0 Å². The van der Waals surface area contributed by atoms with E-state index in [1.165, 1.54) is 0 Å². The van der Waals surface area contributed by atoms with Crippen molar-refractivity contribution < 1.29 is 9.90 Å². The summed E-state index contributed by atoms with van der Waals surface area (Å²) in [6.07, 6.45) is 1.65. The van der Waals surface area contributed by atoms with Crippen LogP contribution in [-0.4, -0.2) is 26.3 Å². The maximum Gasteiger partial charge on any atom is 0.309 e. The molecule has 0 aliphatic heterocycles. The number of imidazole rings is 1. The molecular formula is C14H15N3O2. The maximum absolute atomic E-state index is 10.9. The van der Waals surface area contributed by atoms with Crippen molar-refractivity contribution in [2.24, 2.45) is 12.0 Å². The topological polar surface area (TPSA) is 67.5 Å². The fraction of sp³-hybridized carbons (Fsp3) is 0.214. The zero-order chi connectivity index (χ0) is 13.8. The highest BCUT2D eigenvalue weighted by Gasteiger charge is 2.10. The quantitative estimate of drug-likeness (QED) is 0.855. The van der Waals surface area contributed by atoms with Crippen molar-refractivity contribution in [2.45, 2.75) is 13.3 Å². The second-order valence-electron chi connectivity index (χ2n) is 4.25. The minimum atomic E-state index is -0.907. The highest BCUT2D eigenvalue weighted by molar-refractivity contribution is 6.09. The number of carbonyl (C=O) groups is 1. The predicted octanol–water partition coefficient (Wildman–Crippen LogP) is 2.32. The van der Waals surface area contributed by atoms with Crippen molar-refractivity contribution in [1.82, 2.24) is 9.55 Å². The van der Waals surface area contributed by atoms with Gasteiger partial charge in [0.15, 0.2) is 5.82 Å². The third-order valence-corrected chi connectivity index (χ3v) is 2.77. The number of nitrogens with zero attached hydrogens (tertiary/aromatic N) is 3. The molecule has 0 saturated heterocycles. The van der Waals surface area contributed by atoms with Crippen LogP contribution in [0.3, 0.4) is 0 Å². The molecule has 0 amide bonds. The average molecular weight is 257 g/mol. The number of aromatic nitrogens is 2. The molecule has 19 heavy (non-hydrogen) atoms. The summed E-state index contributed by atoms with van der Waals surface area (Å²) in [6, 6.07) is 9.29. The Kier molecular flexibility index (Phi) is 3.75. The Balaban J connectivity index is 2.40. The van der Waals surface area contributed by atoms with Crippen LogP contribution in [0.5, 0.6) is 0 Å². The summed E-state index contributed by atoms with van der Waals surface area (Å²) in [4.78, 5) is 19.6. The van der Waals surface area contributed by atoms with Gasteiger partial charge in [0, 0.05) is 13.2 Å². The van der Waals surface area contributed by atoms with E-state index in [-0.39, 0.29) is 6.42 Å². The van der Waals surface area contributed by atoms with Crippen molar-refractivity contribution in [1.29, 1.82) is 0 Å². The number of aliphatic carboxylic acids is 1. The number of rotatable bonds is 4. The molecule has 0 spiro atoms. The van der Waals surface area contributed by atoms with Gasteiger partial charge in [-0.15, -0.1) is 0 Å². The molecule has 5 nitrogen and oxygen atoms in total. The van der Waals surface area contributed by atoms with Crippen molar-refractivity contribution in [3.8, 4) is 0 Å². The fourth-order valence-corrected chi connectivity index (χ4v) is 1.71. The molecule has 0 aliphatic carbocycles. The Morgan fingerprint density at radius 3 is 2.58 bits per heavy atom. The number of hydrogen-bond donors (Lipinski definition) is 1. The van der Waals surface area contributed by atoms with Crippen LogP contribution >= 0.6 is 0 Å². The van der Waals surface area contributed by atoms with Gasteiger partial charge in [-0.25, -0.2) is 9.98 Å². The molecule has 0 aliphatic rings. The van der Waals surface area contributed by atoms with Crippen molar-refractivity contribution in [3.63, 3.8) is 0 Å². The number of carboxylic acids is 1. The highest BCUT2D eigenvalue weighted by atomic mass is 16.4. The van der Waals surface area contributed by atoms with Crippen LogP contribution < -0.4 is 0 Å². The molecule has 0 radical (unpaired) electrons. The SMILES string of the molecule is Cc1nc(/N=C(\CC(=O)O)c2ccccc2)cn1C. The molecule has 1 aromatic carbocycles. The molecule has 1 N–H and O–H groups in total. The molecule has 0 atom stereocenters. The molecule has 98 valence electrons. The molecule has 2 rings (SSSR count). The van der Waals surface area contributed by atoms with Crippen LogP contribution in [0.4, 0.5) is 5.82 Å². The molecule has 0 saturated carbocycles. The van der Waals surface area contributed by atoms with Gasteiger partial charge in [0.05, 0.1) is 12.1 Å². The third kappa shape index (κ3) is 3.28. The van der Waals surface area contributed by atoms with Crippen LogP contribution in [0.15, 0.2) is 41.5 Å². The minimum Gasteiger partial charge on any atom is -0.481 e. The van der Waals surface area contributed by atoms with E-state index >= 15 is 0 Å². The lowest BCUT2D eigenvalue weighted by Gasteiger charge is -2.02. The van der Waals surface area contributed by atoms with Gasteiger partial charge in [0.2, 0.25) is 0 Å². The van der Waals surface area contributed by atoms with E-state index in [4.69, 9.17) is 5.11 Å². The summed E-state index contributed by atoms with van der Waals surface area (Å²) < 4.78 is 1.85. The second-order valence-corrected chi connectivity index (χ2v) is 4.25. The van der Waals surface area contributed by atoms with E-state index in [0.717, 1.165) is 11.4 Å². The first-order valence-corrected chi connectivity index (χ1v) is 5.91. The molecule has 0 fully saturated rings. The Labute approximate surface area is 111 Å². The van der Waals surface area contributed by atoms with E-state index in [0.29, 0.717) is 11.5 Å². The van der Waals surface area contributed by atoms with Crippen molar-refractivity contribution >= 4 is 17.5 Å². The van der Waals surface area contributed by atoms with E-state index in [9.17, 15) is 4.79 Å². The first kappa shape index (κ1) is 13.0. The second kappa shape index (κ2) is 5.48.